The predicted molar refractivity (Wildman–Crippen MR) is 132 cm³/mol. The molecule has 0 fully saturated rings. The van der Waals surface area contributed by atoms with Crippen molar-refractivity contribution in [3.63, 3.8) is 0 Å². The van der Waals surface area contributed by atoms with Crippen LogP contribution < -0.4 is 15.4 Å². The van der Waals surface area contributed by atoms with E-state index >= 15 is 0 Å². The van der Waals surface area contributed by atoms with Gasteiger partial charge in [0.2, 0.25) is 15.9 Å². The zero-order valence-corrected chi connectivity index (χ0v) is 20.3. The number of benzene rings is 3. The first kappa shape index (κ1) is 24.9. The minimum absolute atomic E-state index is 0.0124. The first-order valence-corrected chi connectivity index (χ1v) is 11.9. The van der Waals surface area contributed by atoms with Gasteiger partial charge in [0.05, 0.1) is 12.0 Å². The number of ether oxygens (including phenoxy) is 1. The van der Waals surface area contributed by atoms with Gasteiger partial charge in [-0.1, -0.05) is 23.8 Å². The molecule has 0 unspecified atom stereocenters. The van der Waals surface area contributed by atoms with Crippen LogP contribution in [-0.2, 0) is 21.4 Å². The molecule has 0 aliphatic rings. The second-order valence-electron chi connectivity index (χ2n) is 7.82. The summed E-state index contributed by atoms with van der Waals surface area (Å²) >= 11 is 0. The van der Waals surface area contributed by atoms with Gasteiger partial charge < -0.3 is 15.4 Å². The summed E-state index contributed by atoms with van der Waals surface area (Å²) in [4.78, 5) is 24.3. The molecule has 0 saturated carbocycles. The fourth-order valence-electron chi connectivity index (χ4n) is 3.34. The number of hydrogen-bond donors (Lipinski definition) is 2. The highest BCUT2D eigenvalue weighted by atomic mass is 32.2. The Labute approximate surface area is 199 Å². The smallest absolute Gasteiger partial charge is 0.255 e. The van der Waals surface area contributed by atoms with Crippen molar-refractivity contribution in [3.8, 4) is 5.75 Å². The lowest BCUT2D eigenvalue weighted by Gasteiger charge is -2.19. The molecule has 0 aromatic heterocycles. The number of carbonyl (C=O) groups is 2. The molecule has 0 bridgehead atoms. The van der Waals surface area contributed by atoms with Gasteiger partial charge in [0.25, 0.3) is 5.91 Å². The number of anilines is 2. The van der Waals surface area contributed by atoms with Gasteiger partial charge in [0.15, 0.2) is 0 Å². The van der Waals surface area contributed by atoms with Gasteiger partial charge in [-0.05, 0) is 55.5 Å². The van der Waals surface area contributed by atoms with Gasteiger partial charge in [-0.2, -0.15) is 4.31 Å². The maximum absolute atomic E-state index is 13.0. The van der Waals surface area contributed by atoms with Crippen molar-refractivity contribution in [1.82, 2.24) is 4.31 Å². The van der Waals surface area contributed by atoms with Crippen LogP contribution in [0.5, 0.6) is 5.75 Å². The lowest BCUT2D eigenvalue weighted by Crippen LogP contribution is -2.27. The number of sulfonamides is 1. The van der Waals surface area contributed by atoms with Crippen molar-refractivity contribution < 1.29 is 22.7 Å². The Balaban J connectivity index is 1.82. The maximum Gasteiger partial charge on any atom is 0.255 e. The van der Waals surface area contributed by atoms with Crippen LogP contribution >= 0.6 is 0 Å². The Hall–Kier alpha value is -3.69. The number of rotatable bonds is 8. The first-order valence-electron chi connectivity index (χ1n) is 10.5. The van der Waals surface area contributed by atoms with Gasteiger partial charge in [-0.3, -0.25) is 9.59 Å². The first-order chi connectivity index (χ1) is 16.1. The second-order valence-corrected chi connectivity index (χ2v) is 9.86. The van der Waals surface area contributed by atoms with Gasteiger partial charge in [-0.25, -0.2) is 8.42 Å². The molecule has 9 heteroatoms. The van der Waals surface area contributed by atoms with Gasteiger partial charge in [0, 0.05) is 43.0 Å². The third-order valence-electron chi connectivity index (χ3n) is 5.11. The van der Waals surface area contributed by atoms with E-state index in [1.165, 1.54) is 25.4 Å². The number of amides is 2. The second kappa shape index (κ2) is 10.5. The van der Waals surface area contributed by atoms with Gasteiger partial charge in [0.1, 0.15) is 5.75 Å². The summed E-state index contributed by atoms with van der Waals surface area (Å²) in [5, 5.41) is 5.45. The highest BCUT2D eigenvalue weighted by molar-refractivity contribution is 7.89. The quantitative estimate of drug-likeness (QED) is 0.505. The van der Waals surface area contributed by atoms with Crippen LogP contribution in [0.2, 0.25) is 0 Å². The monoisotopic (exact) mass is 481 g/mol. The van der Waals surface area contributed by atoms with E-state index in [1.807, 2.05) is 6.92 Å². The van der Waals surface area contributed by atoms with Crippen molar-refractivity contribution in [2.24, 2.45) is 0 Å². The van der Waals surface area contributed by atoms with Crippen LogP contribution in [0.3, 0.4) is 0 Å². The third kappa shape index (κ3) is 6.00. The zero-order chi connectivity index (χ0) is 24.9. The number of nitrogens with one attached hydrogen (secondary N) is 2. The Bertz CT molecular complexity index is 1300. The van der Waals surface area contributed by atoms with Crippen molar-refractivity contribution in [2.45, 2.75) is 25.3 Å². The summed E-state index contributed by atoms with van der Waals surface area (Å²) in [5.74, 6) is -0.129. The fraction of sp³-hybridized carbons (Fsp3) is 0.200. The normalized spacial score (nSPS) is 11.2. The average molecular weight is 482 g/mol. The van der Waals surface area contributed by atoms with E-state index in [2.05, 4.69) is 10.6 Å². The largest absolute Gasteiger partial charge is 0.496 e. The molecule has 0 aliphatic heterocycles. The minimum Gasteiger partial charge on any atom is -0.496 e. The number of methoxy groups -OCH3 is 1. The molecule has 3 aromatic carbocycles. The third-order valence-corrected chi connectivity index (χ3v) is 6.92. The summed E-state index contributed by atoms with van der Waals surface area (Å²) in [6.07, 6.45) is 0. The van der Waals surface area contributed by atoms with E-state index in [1.54, 1.807) is 66.7 Å². The summed E-state index contributed by atoms with van der Waals surface area (Å²) in [6, 6.07) is 18.2. The summed E-state index contributed by atoms with van der Waals surface area (Å²) in [5.41, 5.74) is 2.91. The molecule has 0 aliphatic carbocycles. The van der Waals surface area contributed by atoms with E-state index in [9.17, 15) is 18.0 Å². The van der Waals surface area contributed by atoms with Crippen LogP contribution in [0, 0.1) is 6.92 Å². The molecular formula is C25H27N3O5S. The molecule has 3 aromatic rings. The molecule has 2 amide bonds. The molecule has 0 saturated heterocycles. The lowest BCUT2D eigenvalue weighted by atomic mass is 10.1. The molecule has 0 radical (unpaired) electrons. The summed E-state index contributed by atoms with van der Waals surface area (Å²) in [7, 11) is -0.765. The van der Waals surface area contributed by atoms with E-state index in [0.717, 1.165) is 5.56 Å². The Morgan fingerprint density at radius 2 is 1.59 bits per heavy atom. The fourth-order valence-corrected chi connectivity index (χ4v) is 4.49. The standard InChI is InChI=1S/C25H27N3O5S/c1-17-8-11-23(12-9-17)34(31,32)28(3)16-20-14-19(10-13-24(20)33-4)25(30)27-22-7-5-6-21(15-22)26-18(2)29/h5-15H,16H2,1-4H3,(H,26,29)(H,27,30). The van der Waals surface area contributed by atoms with Crippen LogP contribution in [0.25, 0.3) is 0 Å². The highest BCUT2D eigenvalue weighted by Crippen LogP contribution is 2.25. The van der Waals surface area contributed by atoms with Gasteiger partial charge >= 0.3 is 0 Å². The van der Waals surface area contributed by atoms with Crippen LogP contribution in [0.15, 0.2) is 71.6 Å². The number of hydrogen-bond acceptors (Lipinski definition) is 5. The van der Waals surface area contributed by atoms with E-state index in [0.29, 0.717) is 28.3 Å². The Morgan fingerprint density at radius 3 is 2.21 bits per heavy atom. The zero-order valence-electron chi connectivity index (χ0n) is 19.5. The Morgan fingerprint density at radius 1 is 0.941 bits per heavy atom. The molecule has 2 N–H and O–H groups in total. The highest BCUT2D eigenvalue weighted by Gasteiger charge is 2.22. The Kier molecular flexibility index (Phi) is 7.70. The van der Waals surface area contributed by atoms with Crippen LogP contribution in [0.1, 0.15) is 28.4 Å². The van der Waals surface area contributed by atoms with Crippen molar-refractivity contribution >= 4 is 33.2 Å². The van der Waals surface area contributed by atoms with E-state index in [-0.39, 0.29) is 23.3 Å². The SMILES string of the molecule is COc1ccc(C(=O)Nc2cccc(NC(C)=O)c2)cc1CN(C)S(=O)(=O)c1ccc(C)cc1. The number of nitrogens with zero attached hydrogens (tertiary/aromatic N) is 1. The van der Waals surface area contributed by atoms with Gasteiger partial charge in [-0.15, -0.1) is 0 Å². The molecule has 0 atom stereocenters. The number of aryl methyl sites for hydroxylation is 1. The van der Waals surface area contributed by atoms with Crippen molar-refractivity contribution in [2.75, 3.05) is 24.8 Å². The van der Waals surface area contributed by atoms with E-state index < -0.39 is 10.0 Å². The average Bonchev–Trinajstić information content (AvgIpc) is 2.79. The molecule has 34 heavy (non-hydrogen) atoms. The summed E-state index contributed by atoms with van der Waals surface area (Å²) < 4.78 is 32.6. The minimum atomic E-state index is -3.73. The number of carbonyl (C=O) groups excluding carboxylic acids is 2. The predicted octanol–water partition coefficient (Wildman–Crippen LogP) is 4.04. The van der Waals surface area contributed by atoms with Crippen molar-refractivity contribution in [1.29, 1.82) is 0 Å². The maximum atomic E-state index is 13.0. The summed E-state index contributed by atoms with van der Waals surface area (Å²) in [6.45, 7) is 3.30. The topological polar surface area (TPSA) is 105 Å². The van der Waals surface area contributed by atoms with Crippen molar-refractivity contribution in [3.05, 3.63) is 83.4 Å². The molecule has 3 rings (SSSR count). The molecule has 0 spiro atoms. The molecule has 0 heterocycles. The molecule has 8 nitrogen and oxygen atoms in total. The van der Waals surface area contributed by atoms with Crippen LogP contribution in [-0.4, -0.2) is 38.7 Å². The molecule has 178 valence electrons. The molecular weight excluding hydrogens is 454 g/mol. The van der Waals surface area contributed by atoms with E-state index in [4.69, 9.17) is 4.74 Å². The van der Waals surface area contributed by atoms with Crippen LogP contribution in [0.4, 0.5) is 11.4 Å². The lowest BCUT2D eigenvalue weighted by molar-refractivity contribution is -0.114.